The second kappa shape index (κ2) is 7.75. The zero-order chi connectivity index (χ0) is 18.7. The fourth-order valence-electron chi connectivity index (χ4n) is 3.14. The minimum Gasteiger partial charge on any atom is -0.444 e. The number of ether oxygens (including phenoxy) is 1. The minimum atomic E-state index is -0.871. The van der Waals surface area contributed by atoms with E-state index in [0.717, 1.165) is 18.4 Å². The van der Waals surface area contributed by atoms with E-state index in [4.69, 9.17) is 4.74 Å². The summed E-state index contributed by atoms with van der Waals surface area (Å²) in [6, 6.07) is 10.1. The highest BCUT2D eigenvalue weighted by molar-refractivity contribution is 5.68. The number of piperidine rings is 1. The van der Waals surface area contributed by atoms with Crippen molar-refractivity contribution < 1.29 is 14.6 Å². The lowest BCUT2D eigenvalue weighted by Crippen LogP contribution is -2.50. The average Bonchev–Trinajstić information content (AvgIpc) is 2.51. The third-order valence-corrected chi connectivity index (χ3v) is 4.39. The Morgan fingerprint density at radius 2 is 1.72 bits per heavy atom. The molecule has 1 atom stereocenters. The second-order valence-electron chi connectivity index (χ2n) is 8.41. The first-order valence-electron chi connectivity index (χ1n) is 9.07. The Morgan fingerprint density at radius 1 is 1.16 bits per heavy atom. The number of carbonyl (C=O) groups is 1. The van der Waals surface area contributed by atoms with E-state index in [1.807, 2.05) is 65.0 Å². The number of rotatable bonds is 4. The van der Waals surface area contributed by atoms with Crippen molar-refractivity contribution in [1.29, 1.82) is 0 Å². The molecule has 1 aromatic rings. The smallest absolute Gasteiger partial charge is 0.410 e. The predicted molar refractivity (Wildman–Crippen MR) is 99.4 cm³/mol. The molecule has 0 saturated carbocycles. The number of carbonyl (C=O) groups excluding carboxylic acids is 1. The summed E-state index contributed by atoms with van der Waals surface area (Å²) in [6.45, 7) is 10.6. The molecule has 1 fully saturated rings. The molecule has 1 unspecified atom stereocenters. The zero-order valence-corrected chi connectivity index (χ0v) is 16.1. The number of hydrogen-bond donors (Lipinski definition) is 2. The monoisotopic (exact) mass is 348 g/mol. The van der Waals surface area contributed by atoms with Gasteiger partial charge in [0, 0.05) is 19.1 Å². The normalized spacial score (nSPS) is 18.1. The van der Waals surface area contributed by atoms with Crippen LogP contribution in [0.15, 0.2) is 30.3 Å². The van der Waals surface area contributed by atoms with Crippen LogP contribution in [0, 0.1) is 0 Å². The van der Waals surface area contributed by atoms with Gasteiger partial charge >= 0.3 is 6.09 Å². The highest BCUT2D eigenvalue weighted by Gasteiger charge is 2.33. The third kappa shape index (κ3) is 6.01. The van der Waals surface area contributed by atoms with Crippen LogP contribution in [0.1, 0.15) is 59.1 Å². The molecule has 140 valence electrons. The Kier molecular flexibility index (Phi) is 6.12. The number of nitrogens with one attached hydrogen (secondary N) is 1. The van der Waals surface area contributed by atoms with Crippen LogP contribution in [0.25, 0.3) is 0 Å². The molecule has 1 amide bonds. The van der Waals surface area contributed by atoms with Crippen LogP contribution >= 0.6 is 0 Å². The van der Waals surface area contributed by atoms with Gasteiger partial charge in [-0.25, -0.2) is 4.79 Å². The van der Waals surface area contributed by atoms with Crippen molar-refractivity contribution in [1.82, 2.24) is 10.2 Å². The molecule has 0 aliphatic carbocycles. The van der Waals surface area contributed by atoms with Gasteiger partial charge in [-0.3, -0.25) is 0 Å². The summed E-state index contributed by atoms with van der Waals surface area (Å²) in [5, 5.41) is 14.2. The lowest BCUT2D eigenvalue weighted by Gasteiger charge is -2.38. The summed E-state index contributed by atoms with van der Waals surface area (Å²) in [5.74, 6) is 0. The molecule has 0 bridgehead atoms. The van der Waals surface area contributed by atoms with E-state index in [1.54, 1.807) is 4.90 Å². The first-order chi connectivity index (χ1) is 11.6. The first kappa shape index (κ1) is 19.7. The van der Waals surface area contributed by atoms with Gasteiger partial charge in [0.25, 0.3) is 0 Å². The van der Waals surface area contributed by atoms with Gasteiger partial charge in [0.2, 0.25) is 0 Å². The molecule has 5 nitrogen and oxygen atoms in total. The Hall–Kier alpha value is -1.59. The number of benzene rings is 1. The Bertz CT molecular complexity index is 553. The first-order valence-corrected chi connectivity index (χ1v) is 9.07. The molecule has 0 aromatic heterocycles. The van der Waals surface area contributed by atoms with E-state index in [1.165, 1.54) is 0 Å². The van der Waals surface area contributed by atoms with Crippen molar-refractivity contribution in [3.63, 3.8) is 0 Å². The Balaban J connectivity index is 1.94. The van der Waals surface area contributed by atoms with Gasteiger partial charge in [0.05, 0.1) is 11.6 Å². The molecule has 0 spiro atoms. The number of amides is 1. The van der Waals surface area contributed by atoms with Crippen molar-refractivity contribution >= 4 is 6.09 Å². The molecular weight excluding hydrogens is 316 g/mol. The summed E-state index contributed by atoms with van der Waals surface area (Å²) in [6.07, 6.45) is 1.45. The summed E-state index contributed by atoms with van der Waals surface area (Å²) < 4.78 is 5.44. The topological polar surface area (TPSA) is 61.8 Å². The molecule has 1 heterocycles. The number of hydrogen-bond acceptors (Lipinski definition) is 4. The highest BCUT2D eigenvalue weighted by Crippen LogP contribution is 2.27. The molecule has 0 radical (unpaired) electrons. The number of aliphatic hydroxyl groups is 1. The summed E-state index contributed by atoms with van der Waals surface area (Å²) in [4.78, 5) is 13.9. The van der Waals surface area contributed by atoms with Crippen molar-refractivity contribution in [2.24, 2.45) is 0 Å². The third-order valence-electron chi connectivity index (χ3n) is 4.39. The lowest BCUT2D eigenvalue weighted by molar-refractivity contribution is 0.0123. The van der Waals surface area contributed by atoms with Crippen LogP contribution in [0.5, 0.6) is 0 Å². The van der Waals surface area contributed by atoms with Gasteiger partial charge in [0.15, 0.2) is 0 Å². The number of nitrogens with zero attached hydrogens (tertiary/aromatic N) is 1. The predicted octanol–water partition coefficient (Wildman–Crippen LogP) is 3.49. The van der Waals surface area contributed by atoms with E-state index in [2.05, 4.69) is 5.32 Å². The van der Waals surface area contributed by atoms with Crippen molar-refractivity contribution in [2.75, 3.05) is 13.1 Å². The Labute approximate surface area is 151 Å². The van der Waals surface area contributed by atoms with E-state index in [9.17, 15) is 9.90 Å². The van der Waals surface area contributed by atoms with Gasteiger partial charge in [-0.1, -0.05) is 30.3 Å². The maximum absolute atomic E-state index is 12.2. The molecule has 1 aromatic carbocycles. The quantitative estimate of drug-likeness (QED) is 0.874. The molecule has 5 heteroatoms. The summed E-state index contributed by atoms with van der Waals surface area (Å²) in [5.41, 5.74) is -0.264. The molecule has 2 rings (SSSR count). The molecule has 2 N–H and O–H groups in total. The SMILES string of the molecule is CC(C)(C)OC(=O)N1CCC(NC(c2ccccc2)C(C)(C)O)CC1. The van der Waals surface area contributed by atoms with Gasteiger partial charge in [-0.05, 0) is 53.0 Å². The van der Waals surface area contributed by atoms with Crippen LogP contribution in [-0.4, -0.2) is 46.4 Å². The average molecular weight is 348 g/mol. The van der Waals surface area contributed by atoms with Crippen LogP contribution in [0.2, 0.25) is 0 Å². The van der Waals surface area contributed by atoms with Crippen LogP contribution in [-0.2, 0) is 4.74 Å². The summed E-state index contributed by atoms with van der Waals surface area (Å²) in [7, 11) is 0. The van der Waals surface area contributed by atoms with E-state index in [0.29, 0.717) is 13.1 Å². The maximum Gasteiger partial charge on any atom is 0.410 e. The second-order valence-corrected chi connectivity index (χ2v) is 8.41. The van der Waals surface area contributed by atoms with Gasteiger partial charge in [-0.15, -0.1) is 0 Å². The zero-order valence-electron chi connectivity index (χ0n) is 16.1. The number of likely N-dealkylation sites (tertiary alicyclic amines) is 1. The van der Waals surface area contributed by atoms with E-state index < -0.39 is 11.2 Å². The molecule has 1 saturated heterocycles. The largest absolute Gasteiger partial charge is 0.444 e. The lowest BCUT2D eigenvalue weighted by atomic mass is 9.90. The van der Waals surface area contributed by atoms with Crippen molar-refractivity contribution in [2.45, 2.75) is 70.7 Å². The highest BCUT2D eigenvalue weighted by atomic mass is 16.6. The van der Waals surface area contributed by atoms with Crippen molar-refractivity contribution in [3.05, 3.63) is 35.9 Å². The fourth-order valence-corrected chi connectivity index (χ4v) is 3.14. The van der Waals surface area contributed by atoms with Gasteiger partial charge in [0.1, 0.15) is 5.60 Å². The van der Waals surface area contributed by atoms with Gasteiger partial charge in [-0.2, -0.15) is 0 Å². The van der Waals surface area contributed by atoms with Crippen LogP contribution < -0.4 is 5.32 Å². The molecule has 25 heavy (non-hydrogen) atoms. The summed E-state index contributed by atoms with van der Waals surface area (Å²) >= 11 is 0. The molecule has 1 aliphatic rings. The fraction of sp³-hybridized carbons (Fsp3) is 0.650. The van der Waals surface area contributed by atoms with Crippen LogP contribution in [0.4, 0.5) is 4.79 Å². The minimum absolute atomic E-state index is 0.147. The van der Waals surface area contributed by atoms with E-state index in [-0.39, 0.29) is 18.2 Å². The maximum atomic E-state index is 12.2. The molecule has 1 aliphatic heterocycles. The molecular formula is C20H32N2O3. The van der Waals surface area contributed by atoms with Crippen molar-refractivity contribution in [3.8, 4) is 0 Å². The standard InChI is InChI=1S/C20H32N2O3/c1-19(2,3)25-18(23)22-13-11-16(12-14-22)21-17(20(4,5)24)15-9-7-6-8-10-15/h6-10,16-17,21,24H,11-14H2,1-5H3. The van der Waals surface area contributed by atoms with Gasteiger partial charge < -0.3 is 20.1 Å². The van der Waals surface area contributed by atoms with Crippen LogP contribution in [0.3, 0.4) is 0 Å². The Morgan fingerprint density at radius 3 is 2.20 bits per heavy atom. The van der Waals surface area contributed by atoms with E-state index >= 15 is 0 Å².